The van der Waals surface area contributed by atoms with Gasteiger partial charge in [-0.15, -0.1) is 0 Å². The predicted molar refractivity (Wildman–Crippen MR) is 124 cm³/mol. The van der Waals surface area contributed by atoms with Gasteiger partial charge in [0.2, 0.25) is 11.8 Å². The first-order valence-corrected chi connectivity index (χ1v) is 11.7. The fourth-order valence-electron chi connectivity index (χ4n) is 4.56. The molecule has 6 nitrogen and oxygen atoms in total. The van der Waals surface area contributed by atoms with E-state index in [1.54, 1.807) is 41.3 Å². The SMILES string of the molecule is O=C(Nc1cccc(C(=O)N2CCCCC2)c1)C1CCCN(C(=O)Cc2ccc(F)cc2)C1. The van der Waals surface area contributed by atoms with Crippen molar-refractivity contribution >= 4 is 23.4 Å². The minimum absolute atomic E-state index is 0.000954. The van der Waals surface area contributed by atoms with Crippen molar-refractivity contribution in [1.29, 1.82) is 0 Å². The molecule has 7 heteroatoms. The second kappa shape index (κ2) is 10.6. The van der Waals surface area contributed by atoms with E-state index >= 15 is 0 Å². The van der Waals surface area contributed by atoms with E-state index in [0.717, 1.165) is 44.3 Å². The molecule has 0 bridgehead atoms. The summed E-state index contributed by atoms with van der Waals surface area (Å²) in [5.41, 5.74) is 1.93. The second-order valence-corrected chi connectivity index (χ2v) is 8.91. The molecule has 0 spiro atoms. The third-order valence-corrected chi connectivity index (χ3v) is 6.43. The van der Waals surface area contributed by atoms with Crippen LogP contribution in [-0.4, -0.2) is 53.7 Å². The van der Waals surface area contributed by atoms with Gasteiger partial charge in [-0.25, -0.2) is 4.39 Å². The number of likely N-dealkylation sites (tertiary alicyclic amines) is 2. The van der Waals surface area contributed by atoms with Gasteiger partial charge in [-0.05, 0) is 68.0 Å². The summed E-state index contributed by atoms with van der Waals surface area (Å²) in [5, 5.41) is 2.94. The van der Waals surface area contributed by atoms with Crippen LogP contribution in [0.15, 0.2) is 48.5 Å². The maximum atomic E-state index is 13.1. The van der Waals surface area contributed by atoms with Crippen LogP contribution in [0.4, 0.5) is 10.1 Å². The highest BCUT2D eigenvalue weighted by molar-refractivity contribution is 5.98. The standard InChI is InChI=1S/C26H30FN3O3/c27-22-11-9-19(10-12-22)16-24(31)30-15-5-7-21(18-30)25(32)28-23-8-4-6-20(17-23)26(33)29-13-2-1-3-14-29/h4,6,8-12,17,21H,1-3,5,7,13-16,18H2,(H,28,32). The van der Waals surface area contributed by atoms with Crippen LogP contribution in [0.2, 0.25) is 0 Å². The van der Waals surface area contributed by atoms with Gasteiger partial charge in [0.25, 0.3) is 5.91 Å². The molecule has 33 heavy (non-hydrogen) atoms. The lowest BCUT2D eigenvalue weighted by molar-refractivity contribution is -0.133. The summed E-state index contributed by atoms with van der Waals surface area (Å²) in [7, 11) is 0. The quantitative estimate of drug-likeness (QED) is 0.750. The molecule has 0 saturated carbocycles. The van der Waals surface area contributed by atoms with Gasteiger partial charge in [-0.2, -0.15) is 0 Å². The van der Waals surface area contributed by atoms with E-state index in [4.69, 9.17) is 0 Å². The van der Waals surface area contributed by atoms with Crippen LogP contribution in [0.3, 0.4) is 0 Å². The van der Waals surface area contributed by atoms with Crippen molar-refractivity contribution in [2.24, 2.45) is 5.92 Å². The molecule has 2 fully saturated rings. The minimum atomic E-state index is -0.331. The smallest absolute Gasteiger partial charge is 0.253 e. The molecule has 1 N–H and O–H groups in total. The lowest BCUT2D eigenvalue weighted by Gasteiger charge is -2.32. The number of piperidine rings is 2. The number of anilines is 1. The third-order valence-electron chi connectivity index (χ3n) is 6.43. The molecule has 3 amide bonds. The van der Waals surface area contributed by atoms with Crippen molar-refractivity contribution in [1.82, 2.24) is 9.80 Å². The summed E-state index contributed by atoms with van der Waals surface area (Å²) in [6, 6.07) is 13.0. The van der Waals surface area contributed by atoms with Crippen molar-refractivity contribution in [3.8, 4) is 0 Å². The summed E-state index contributed by atoms with van der Waals surface area (Å²) in [6.07, 6.45) is 4.86. The van der Waals surface area contributed by atoms with E-state index < -0.39 is 0 Å². The summed E-state index contributed by atoms with van der Waals surface area (Å²) in [4.78, 5) is 42.0. The lowest BCUT2D eigenvalue weighted by Crippen LogP contribution is -2.44. The summed E-state index contributed by atoms with van der Waals surface area (Å²) in [5.74, 6) is -0.842. The van der Waals surface area contributed by atoms with Crippen LogP contribution in [0.1, 0.15) is 48.0 Å². The molecule has 0 aromatic heterocycles. The number of carbonyl (C=O) groups excluding carboxylic acids is 3. The fraction of sp³-hybridized carbons (Fsp3) is 0.423. The first kappa shape index (κ1) is 23.0. The molecule has 1 atom stereocenters. The molecule has 2 aromatic rings. The molecule has 2 saturated heterocycles. The summed E-state index contributed by atoms with van der Waals surface area (Å²) < 4.78 is 13.1. The van der Waals surface area contributed by atoms with Crippen LogP contribution in [-0.2, 0) is 16.0 Å². The number of nitrogens with one attached hydrogen (secondary N) is 1. The molecule has 2 heterocycles. The van der Waals surface area contributed by atoms with Gasteiger partial charge < -0.3 is 15.1 Å². The number of hydrogen-bond donors (Lipinski definition) is 1. The molecule has 174 valence electrons. The molecule has 0 aliphatic carbocycles. The molecule has 2 aromatic carbocycles. The van der Waals surface area contributed by atoms with Crippen molar-refractivity contribution in [3.05, 3.63) is 65.5 Å². The maximum absolute atomic E-state index is 13.1. The highest BCUT2D eigenvalue weighted by Crippen LogP contribution is 2.21. The lowest BCUT2D eigenvalue weighted by atomic mass is 9.96. The zero-order valence-electron chi connectivity index (χ0n) is 18.8. The van der Waals surface area contributed by atoms with Gasteiger partial charge >= 0.3 is 0 Å². The van der Waals surface area contributed by atoms with Crippen molar-refractivity contribution in [2.45, 2.75) is 38.5 Å². The van der Waals surface area contributed by atoms with Crippen molar-refractivity contribution < 1.29 is 18.8 Å². The average molecular weight is 452 g/mol. The molecule has 0 radical (unpaired) electrons. The monoisotopic (exact) mass is 451 g/mol. The first-order valence-electron chi connectivity index (χ1n) is 11.7. The third kappa shape index (κ3) is 5.97. The van der Waals surface area contributed by atoms with Gasteiger partial charge in [-0.1, -0.05) is 18.2 Å². The molecular formula is C26H30FN3O3. The Morgan fingerprint density at radius 3 is 2.39 bits per heavy atom. The first-order chi connectivity index (χ1) is 16.0. The number of halogens is 1. The Morgan fingerprint density at radius 2 is 1.64 bits per heavy atom. The fourth-order valence-corrected chi connectivity index (χ4v) is 4.56. The molecule has 2 aliphatic heterocycles. The Labute approximate surface area is 193 Å². The summed E-state index contributed by atoms with van der Waals surface area (Å²) >= 11 is 0. The Balaban J connectivity index is 1.34. The van der Waals surface area contributed by atoms with Gasteiger partial charge in [-0.3, -0.25) is 14.4 Å². The summed E-state index contributed by atoms with van der Waals surface area (Å²) in [6.45, 7) is 2.53. The molecule has 2 aliphatic rings. The topological polar surface area (TPSA) is 69.7 Å². The van der Waals surface area contributed by atoms with Crippen LogP contribution in [0.25, 0.3) is 0 Å². The zero-order chi connectivity index (χ0) is 23.2. The highest BCUT2D eigenvalue weighted by atomic mass is 19.1. The van der Waals surface area contributed by atoms with Crippen LogP contribution in [0.5, 0.6) is 0 Å². The van der Waals surface area contributed by atoms with E-state index in [1.807, 2.05) is 4.90 Å². The van der Waals surface area contributed by atoms with E-state index in [0.29, 0.717) is 30.8 Å². The molecular weight excluding hydrogens is 421 g/mol. The Morgan fingerprint density at radius 1 is 0.909 bits per heavy atom. The van der Waals surface area contributed by atoms with Gasteiger partial charge in [0.1, 0.15) is 5.82 Å². The number of carbonyl (C=O) groups is 3. The second-order valence-electron chi connectivity index (χ2n) is 8.91. The minimum Gasteiger partial charge on any atom is -0.342 e. The van der Waals surface area contributed by atoms with E-state index in [2.05, 4.69) is 5.32 Å². The van der Waals surface area contributed by atoms with Gasteiger partial charge in [0.15, 0.2) is 0 Å². The number of hydrogen-bond acceptors (Lipinski definition) is 3. The predicted octanol–water partition coefficient (Wildman–Crippen LogP) is 3.87. The zero-order valence-corrected chi connectivity index (χ0v) is 18.8. The van der Waals surface area contributed by atoms with E-state index in [1.165, 1.54) is 12.1 Å². The normalized spacial score (nSPS) is 18.6. The number of benzene rings is 2. The van der Waals surface area contributed by atoms with Crippen molar-refractivity contribution in [3.63, 3.8) is 0 Å². The molecule has 1 unspecified atom stereocenters. The highest BCUT2D eigenvalue weighted by Gasteiger charge is 2.28. The average Bonchev–Trinajstić information content (AvgIpc) is 2.85. The van der Waals surface area contributed by atoms with Crippen LogP contribution < -0.4 is 5.32 Å². The van der Waals surface area contributed by atoms with E-state index in [-0.39, 0.29) is 35.9 Å². The van der Waals surface area contributed by atoms with Crippen LogP contribution in [0, 0.1) is 11.7 Å². The Hall–Kier alpha value is -3.22. The van der Waals surface area contributed by atoms with E-state index in [9.17, 15) is 18.8 Å². The largest absolute Gasteiger partial charge is 0.342 e. The maximum Gasteiger partial charge on any atom is 0.253 e. The Bertz CT molecular complexity index is 1000. The van der Waals surface area contributed by atoms with Gasteiger partial charge in [0, 0.05) is 37.4 Å². The van der Waals surface area contributed by atoms with Crippen LogP contribution >= 0.6 is 0 Å². The molecule has 4 rings (SSSR count). The number of amides is 3. The number of nitrogens with zero attached hydrogens (tertiary/aromatic N) is 2. The van der Waals surface area contributed by atoms with Gasteiger partial charge in [0.05, 0.1) is 12.3 Å². The number of rotatable bonds is 5. The van der Waals surface area contributed by atoms with Crippen molar-refractivity contribution in [2.75, 3.05) is 31.5 Å². The Kier molecular flexibility index (Phi) is 7.37.